The number of halogens is 1. The Kier molecular flexibility index (Phi) is 9.30. The van der Waals surface area contributed by atoms with Gasteiger partial charge in [-0.25, -0.2) is 9.98 Å². The van der Waals surface area contributed by atoms with Crippen molar-refractivity contribution >= 4 is 28.9 Å². The second kappa shape index (κ2) is 14.0. The number of ether oxygens (including phenoxy) is 2. The summed E-state index contributed by atoms with van der Waals surface area (Å²) in [7, 11) is 0. The van der Waals surface area contributed by atoms with Crippen molar-refractivity contribution in [1.29, 1.82) is 5.26 Å². The molecule has 1 saturated heterocycles. The van der Waals surface area contributed by atoms with E-state index in [0.29, 0.717) is 58.1 Å². The van der Waals surface area contributed by atoms with Crippen LogP contribution in [0.1, 0.15) is 24.8 Å². The van der Waals surface area contributed by atoms with Crippen molar-refractivity contribution in [2.24, 2.45) is 10.9 Å². The Hall–Kier alpha value is -5.24. The SMILES string of the molecule is N#CC1=CNC2=CC(Oc3ccncc3)=C(NC(=O)C=C3CCNCC3)CC2C1=Nc1ccc(OCc2cccc(Cl)c2)nc1. The van der Waals surface area contributed by atoms with Gasteiger partial charge in [-0.2, -0.15) is 5.26 Å². The molecule has 45 heavy (non-hydrogen) atoms. The lowest BCUT2D eigenvalue weighted by molar-refractivity contribution is -0.116. The molecule has 10 nitrogen and oxygen atoms in total. The quantitative estimate of drug-likeness (QED) is 0.285. The molecular weight excluding hydrogens is 590 g/mol. The molecule has 3 aromatic rings. The van der Waals surface area contributed by atoms with E-state index in [4.69, 9.17) is 26.1 Å². The molecular formula is C34H30ClN7O3. The first-order chi connectivity index (χ1) is 22.0. The zero-order chi connectivity index (χ0) is 31.0. The van der Waals surface area contributed by atoms with E-state index in [1.54, 1.807) is 55.1 Å². The molecule has 0 spiro atoms. The van der Waals surface area contributed by atoms with E-state index in [1.165, 1.54) is 0 Å². The molecule has 3 aliphatic rings. The van der Waals surface area contributed by atoms with Crippen LogP contribution in [0.5, 0.6) is 11.6 Å². The lowest BCUT2D eigenvalue weighted by Gasteiger charge is -2.31. The number of allylic oxidation sites excluding steroid dienone is 4. The number of aromatic nitrogens is 2. The first kappa shape index (κ1) is 29.8. The van der Waals surface area contributed by atoms with Gasteiger partial charge in [-0.1, -0.05) is 29.3 Å². The predicted molar refractivity (Wildman–Crippen MR) is 170 cm³/mol. The fourth-order valence-electron chi connectivity index (χ4n) is 5.22. The van der Waals surface area contributed by atoms with Crippen LogP contribution in [0.2, 0.25) is 5.02 Å². The Balaban J connectivity index is 1.25. The lowest BCUT2D eigenvalue weighted by Crippen LogP contribution is -2.36. The van der Waals surface area contributed by atoms with E-state index in [-0.39, 0.29) is 11.8 Å². The van der Waals surface area contributed by atoms with Crippen molar-refractivity contribution in [2.45, 2.75) is 25.9 Å². The minimum Gasteiger partial charge on any atom is -0.473 e. The van der Waals surface area contributed by atoms with Crippen LogP contribution in [0.3, 0.4) is 0 Å². The molecule has 11 heteroatoms. The van der Waals surface area contributed by atoms with Crippen molar-refractivity contribution in [2.75, 3.05) is 13.1 Å². The Morgan fingerprint density at radius 3 is 2.78 bits per heavy atom. The molecule has 3 N–H and O–H groups in total. The van der Waals surface area contributed by atoms with Crippen LogP contribution in [-0.2, 0) is 11.4 Å². The number of hydrogen-bond acceptors (Lipinski definition) is 9. The van der Waals surface area contributed by atoms with E-state index >= 15 is 0 Å². The third kappa shape index (κ3) is 7.65. The summed E-state index contributed by atoms with van der Waals surface area (Å²) in [5.74, 6) is 0.959. The fraction of sp³-hybridized carbons (Fsp3) is 0.206. The van der Waals surface area contributed by atoms with Gasteiger partial charge in [0.25, 0.3) is 0 Å². The van der Waals surface area contributed by atoms with E-state index < -0.39 is 0 Å². The summed E-state index contributed by atoms with van der Waals surface area (Å²) in [5, 5.41) is 20.2. The molecule has 1 amide bonds. The van der Waals surface area contributed by atoms with Gasteiger partial charge in [0.15, 0.2) is 0 Å². The standard InChI is InChI=1S/C34H30ClN7O3/c35-25-3-1-2-23(14-25)21-44-33-5-4-26(20-40-33)41-34-24(18-36)19-39-29-17-31(45-27-8-12-38-13-9-27)30(16-28(29)34)42-32(43)15-22-6-10-37-11-7-22/h1-5,8-9,12-15,17,19-20,28,37,39H,6-7,10-11,16,21H2,(H,42,43). The minimum atomic E-state index is -0.338. The monoisotopic (exact) mass is 619 g/mol. The second-order valence-corrected chi connectivity index (χ2v) is 11.0. The highest BCUT2D eigenvalue weighted by Gasteiger charge is 2.34. The van der Waals surface area contributed by atoms with Crippen LogP contribution in [0, 0.1) is 17.2 Å². The van der Waals surface area contributed by atoms with Crippen LogP contribution in [0.25, 0.3) is 0 Å². The number of fused-ring (bicyclic) bond motifs is 1. The van der Waals surface area contributed by atoms with Crippen molar-refractivity contribution in [3.8, 4) is 17.7 Å². The number of amides is 1. The van der Waals surface area contributed by atoms with Crippen LogP contribution >= 0.6 is 11.6 Å². The molecule has 2 aliphatic heterocycles. The highest BCUT2D eigenvalue weighted by molar-refractivity contribution is 6.30. The van der Waals surface area contributed by atoms with Crippen LogP contribution < -0.4 is 25.4 Å². The summed E-state index contributed by atoms with van der Waals surface area (Å²) in [6, 6.07) is 16.7. The first-order valence-electron chi connectivity index (χ1n) is 14.6. The van der Waals surface area contributed by atoms with E-state index in [1.807, 2.05) is 30.3 Å². The number of nitrogens with one attached hydrogen (secondary N) is 3. The summed E-state index contributed by atoms with van der Waals surface area (Å²) >= 11 is 6.07. The number of nitrogens with zero attached hydrogens (tertiary/aromatic N) is 4. The molecule has 1 atom stereocenters. The van der Waals surface area contributed by atoms with Crippen LogP contribution in [0.15, 0.2) is 119 Å². The first-order valence-corrected chi connectivity index (χ1v) is 14.9. The number of pyridine rings is 2. The number of piperidine rings is 1. The summed E-state index contributed by atoms with van der Waals surface area (Å²) in [6.45, 7) is 2.03. The Bertz CT molecular complexity index is 1770. The molecule has 4 heterocycles. The molecule has 1 aromatic carbocycles. The van der Waals surface area contributed by atoms with Gasteiger partial charge >= 0.3 is 0 Å². The predicted octanol–water partition coefficient (Wildman–Crippen LogP) is 5.41. The second-order valence-electron chi connectivity index (χ2n) is 10.6. The highest BCUT2D eigenvalue weighted by Crippen LogP contribution is 2.35. The van der Waals surface area contributed by atoms with E-state index in [2.05, 4.69) is 32.0 Å². The van der Waals surface area contributed by atoms with Crippen molar-refractivity contribution in [3.05, 3.63) is 124 Å². The molecule has 0 saturated carbocycles. The number of aliphatic imine (C=N–C) groups is 1. The average Bonchev–Trinajstić information content (AvgIpc) is 3.06. The zero-order valence-electron chi connectivity index (χ0n) is 24.3. The summed E-state index contributed by atoms with van der Waals surface area (Å²) < 4.78 is 12.0. The number of hydrogen-bond donors (Lipinski definition) is 3. The minimum absolute atomic E-state index is 0.217. The largest absolute Gasteiger partial charge is 0.473 e. The Morgan fingerprint density at radius 2 is 2.02 bits per heavy atom. The molecule has 0 bridgehead atoms. The number of carbonyl (C=O) groups is 1. The van der Waals surface area contributed by atoms with Gasteiger partial charge in [-0.15, -0.1) is 0 Å². The molecule has 1 unspecified atom stereocenters. The Morgan fingerprint density at radius 1 is 1.18 bits per heavy atom. The maximum Gasteiger partial charge on any atom is 0.248 e. The van der Waals surface area contributed by atoms with Crippen molar-refractivity contribution in [1.82, 2.24) is 25.9 Å². The molecule has 0 radical (unpaired) electrons. The van der Waals surface area contributed by atoms with Gasteiger partial charge in [0.05, 0.1) is 28.9 Å². The molecule has 1 fully saturated rings. The van der Waals surface area contributed by atoms with Crippen molar-refractivity contribution < 1.29 is 14.3 Å². The lowest BCUT2D eigenvalue weighted by atomic mass is 9.84. The molecule has 226 valence electrons. The van der Waals surface area contributed by atoms with Gasteiger partial charge in [0, 0.05) is 59.9 Å². The maximum atomic E-state index is 13.2. The fourth-order valence-corrected chi connectivity index (χ4v) is 5.43. The van der Waals surface area contributed by atoms with Crippen LogP contribution in [-0.4, -0.2) is 34.7 Å². The van der Waals surface area contributed by atoms with Gasteiger partial charge in [-0.05, 0) is 61.8 Å². The van der Waals surface area contributed by atoms with Gasteiger partial charge < -0.3 is 25.4 Å². The third-order valence-corrected chi connectivity index (χ3v) is 7.69. The number of nitriles is 1. The van der Waals surface area contributed by atoms with Gasteiger partial charge in [0.2, 0.25) is 11.8 Å². The van der Waals surface area contributed by atoms with Crippen LogP contribution in [0.4, 0.5) is 5.69 Å². The molecule has 6 rings (SSSR count). The highest BCUT2D eigenvalue weighted by atomic mass is 35.5. The smallest absolute Gasteiger partial charge is 0.248 e. The maximum absolute atomic E-state index is 13.2. The molecule has 2 aromatic heterocycles. The normalized spacial score (nSPS) is 18.5. The zero-order valence-corrected chi connectivity index (χ0v) is 25.1. The summed E-state index contributed by atoms with van der Waals surface area (Å²) in [4.78, 5) is 26.5. The average molecular weight is 620 g/mol. The van der Waals surface area contributed by atoms with E-state index in [0.717, 1.165) is 42.8 Å². The topological polar surface area (TPSA) is 134 Å². The number of benzene rings is 1. The van der Waals surface area contributed by atoms with Gasteiger partial charge in [0.1, 0.15) is 24.2 Å². The molecule has 1 aliphatic carbocycles. The van der Waals surface area contributed by atoms with Crippen molar-refractivity contribution in [3.63, 3.8) is 0 Å². The summed E-state index contributed by atoms with van der Waals surface area (Å²) in [6.07, 6.45) is 12.0. The van der Waals surface area contributed by atoms with E-state index in [9.17, 15) is 10.1 Å². The third-order valence-electron chi connectivity index (χ3n) is 7.46. The Labute approximate surface area is 265 Å². The number of carbonyl (C=O) groups excluding carboxylic acids is 1. The van der Waals surface area contributed by atoms with Gasteiger partial charge in [-0.3, -0.25) is 9.78 Å². The number of rotatable bonds is 8. The summed E-state index contributed by atoms with van der Waals surface area (Å²) in [5.41, 5.74) is 4.92.